The van der Waals surface area contributed by atoms with Crippen molar-refractivity contribution in [1.82, 2.24) is 29.5 Å². The van der Waals surface area contributed by atoms with Crippen LogP contribution in [0.5, 0.6) is 0 Å². The van der Waals surface area contributed by atoms with Gasteiger partial charge in [-0.2, -0.15) is 5.10 Å². The Balaban J connectivity index is 1.55. The summed E-state index contributed by atoms with van der Waals surface area (Å²) < 4.78 is 17.0. The molecule has 0 saturated heterocycles. The summed E-state index contributed by atoms with van der Waals surface area (Å²) in [6.07, 6.45) is 7.74. The van der Waals surface area contributed by atoms with Crippen LogP contribution in [0.25, 0.3) is 28.1 Å². The van der Waals surface area contributed by atoms with Crippen LogP contribution in [0.2, 0.25) is 0 Å². The smallest absolute Gasteiger partial charge is 0.276 e. The highest BCUT2D eigenvalue weighted by molar-refractivity contribution is 5.91. The van der Waals surface area contributed by atoms with Gasteiger partial charge in [-0.25, -0.2) is 18.7 Å². The minimum Gasteiger partial charge on any atom is -0.385 e. The standard InChI is InChI=1S/C25H26FN7O/c26-17-9-7-16(8-10-17)23-19-11-12-28-22(33-25(34)18-3-1-2-4-20(18)30-33)13-21(27)29-24(19)32(31-23)14-15-5-6-15/h7-13,15,29-30H,1-6,14,27H2. The van der Waals surface area contributed by atoms with Crippen molar-refractivity contribution in [2.75, 3.05) is 5.73 Å². The first-order valence-corrected chi connectivity index (χ1v) is 11.8. The van der Waals surface area contributed by atoms with Gasteiger partial charge in [-0.3, -0.25) is 9.89 Å². The molecule has 0 radical (unpaired) electrons. The maximum Gasteiger partial charge on any atom is 0.276 e. The van der Waals surface area contributed by atoms with Crippen LogP contribution < -0.4 is 11.3 Å². The van der Waals surface area contributed by atoms with Crippen molar-refractivity contribution in [2.24, 2.45) is 5.92 Å². The molecule has 9 heteroatoms. The SMILES string of the molecule is Nc1cc(-n2[nH]c3c(c2=O)CCCC3)nccc2c(-c3ccc(F)cc3)nn(CC3CC3)c2[nH]1. The van der Waals surface area contributed by atoms with Gasteiger partial charge in [0.05, 0.1) is 0 Å². The number of nitrogens with two attached hydrogens (primary N) is 1. The van der Waals surface area contributed by atoms with Crippen molar-refractivity contribution in [1.29, 1.82) is 0 Å². The number of nitrogens with one attached hydrogen (secondary N) is 2. The minimum absolute atomic E-state index is 0.0745. The first-order chi connectivity index (χ1) is 16.6. The minimum atomic E-state index is -0.296. The Kier molecular flexibility index (Phi) is 4.97. The maximum absolute atomic E-state index is 13.5. The zero-order valence-electron chi connectivity index (χ0n) is 18.7. The lowest BCUT2D eigenvalue weighted by atomic mass is 9.98. The Morgan fingerprint density at radius 1 is 1.12 bits per heavy atom. The summed E-state index contributed by atoms with van der Waals surface area (Å²) in [5.74, 6) is 1.06. The second-order valence-corrected chi connectivity index (χ2v) is 9.19. The van der Waals surface area contributed by atoms with E-state index in [-0.39, 0.29) is 11.4 Å². The molecule has 174 valence electrons. The molecular formula is C25H26FN7O. The Bertz CT molecular complexity index is 1490. The van der Waals surface area contributed by atoms with Crippen LogP contribution in [-0.4, -0.2) is 29.5 Å². The second-order valence-electron chi connectivity index (χ2n) is 9.19. The third kappa shape index (κ3) is 3.76. The molecule has 34 heavy (non-hydrogen) atoms. The van der Waals surface area contributed by atoms with E-state index < -0.39 is 0 Å². The molecule has 6 rings (SSSR count). The van der Waals surface area contributed by atoms with Crippen molar-refractivity contribution < 1.29 is 4.39 Å². The van der Waals surface area contributed by atoms with Crippen molar-refractivity contribution in [2.45, 2.75) is 45.1 Å². The van der Waals surface area contributed by atoms with Crippen LogP contribution in [0.1, 0.15) is 36.9 Å². The monoisotopic (exact) mass is 459 g/mol. The number of nitrogens with zero attached hydrogens (tertiary/aromatic N) is 4. The predicted octanol–water partition coefficient (Wildman–Crippen LogP) is 4.04. The molecule has 4 aromatic rings. The number of halogens is 1. The third-order valence-electron chi connectivity index (χ3n) is 6.64. The highest BCUT2D eigenvalue weighted by atomic mass is 19.1. The van der Waals surface area contributed by atoms with Crippen molar-refractivity contribution >= 4 is 16.9 Å². The average Bonchev–Trinajstić information content (AvgIpc) is 3.49. The van der Waals surface area contributed by atoms with E-state index in [1.807, 2.05) is 10.7 Å². The molecule has 0 aliphatic heterocycles. The molecule has 4 N–H and O–H groups in total. The molecule has 3 aromatic heterocycles. The molecule has 0 amide bonds. The lowest BCUT2D eigenvalue weighted by molar-refractivity contribution is 0.578. The van der Waals surface area contributed by atoms with Crippen LogP contribution in [-0.2, 0) is 19.4 Å². The van der Waals surface area contributed by atoms with Gasteiger partial charge in [0.1, 0.15) is 23.0 Å². The first-order valence-electron chi connectivity index (χ1n) is 11.8. The zero-order chi connectivity index (χ0) is 23.2. The van der Waals surface area contributed by atoms with Gasteiger partial charge in [-0.05, 0) is 74.8 Å². The fraction of sp³-hybridized carbons (Fsp3) is 0.320. The molecule has 0 spiro atoms. The molecular weight excluding hydrogens is 433 g/mol. The maximum atomic E-state index is 13.5. The molecule has 2 aliphatic carbocycles. The Labute approximate surface area is 194 Å². The topological polar surface area (TPSA) is 110 Å². The van der Waals surface area contributed by atoms with Gasteiger partial charge in [-0.15, -0.1) is 0 Å². The van der Waals surface area contributed by atoms with Gasteiger partial charge in [0.2, 0.25) is 0 Å². The number of benzene rings is 1. The molecule has 3 heterocycles. The van der Waals surface area contributed by atoms with Gasteiger partial charge >= 0.3 is 0 Å². The molecule has 0 atom stereocenters. The van der Waals surface area contributed by atoms with Crippen LogP contribution in [0.15, 0.2) is 47.4 Å². The van der Waals surface area contributed by atoms with Gasteiger partial charge in [-0.1, -0.05) is 0 Å². The number of aryl methyl sites for hydroxylation is 1. The van der Waals surface area contributed by atoms with E-state index in [0.29, 0.717) is 17.6 Å². The van der Waals surface area contributed by atoms with Crippen LogP contribution in [0.3, 0.4) is 0 Å². The number of hydrogen-bond acceptors (Lipinski definition) is 4. The molecule has 0 unspecified atom stereocenters. The normalized spacial score (nSPS) is 15.3. The summed E-state index contributed by atoms with van der Waals surface area (Å²) in [5, 5.41) is 8.88. The first kappa shape index (κ1) is 20.7. The molecule has 1 fully saturated rings. The van der Waals surface area contributed by atoms with Crippen LogP contribution in [0, 0.1) is 11.7 Å². The summed E-state index contributed by atoms with van der Waals surface area (Å²) in [7, 11) is 0. The lowest BCUT2D eigenvalue weighted by Gasteiger charge is -2.07. The number of aromatic nitrogens is 6. The van der Waals surface area contributed by atoms with E-state index in [2.05, 4.69) is 15.1 Å². The number of nitrogen functional groups attached to an aromatic ring is 1. The van der Waals surface area contributed by atoms with Gasteiger partial charge < -0.3 is 10.7 Å². The van der Waals surface area contributed by atoms with Crippen molar-refractivity contribution in [3.63, 3.8) is 0 Å². The number of H-pyrrole nitrogens is 2. The highest BCUT2D eigenvalue weighted by Crippen LogP contribution is 2.33. The van der Waals surface area contributed by atoms with Gasteiger partial charge in [0.15, 0.2) is 5.82 Å². The van der Waals surface area contributed by atoms with E-state index in [1.165, 1.54) is 29.7 Å². The van der Waals surface area contributed by atoms with E-state index in [4.69, 9.17) is 10.8 Å². The predicted molar refractivity (Wildman–Crippen MR) is 129 cm³/mol. The molecule has 8 nitrogen and oxygen atoms in total. The summed E-state index contributed by atoms with van der Waals surface area (Å²) in [4.78, 5) is 20.9. The van der Waals surface area contributed by atoms with Crippen LogP contribution in [0.4, 0.5) is 10.2 Å². The fourth-order valence-electron chi connectivity index (χ4n) is 4.67. The Morgan fingerprint density at radius 3 is 2.68 bits per heavy atom. The van der Waals surface area contributed by atoms with Gasteiger partial charge in [0.25, 0.3) is 5.56 Å². The summed E-state index contributed by atoms with van der Waals surface area (Å²) in [6, 6.07) is 9.82. The number of anilines is 1. The number of rotatable bonds is 4. The third-order valence-corrected chi connectivity index (χ3v) is 6.64. The lowest BCUT2D eigenvalue weighted by Crippen LogP contribution is -2.18. The van der Waals surface area contributed by atoms with Crippen molar-refractivity contribution in [3.8, 4) is 17.1 Å². The quantitative estimate of drug-likeness (QED) is 0.428. The number of fused-ring (bicyclic) bond motifs is 2. The largest absolute Gasteiger partial charge is 0.385 e. The fourth-order valence-corrected chi connectivity index (χ4v) is 4.67. The van der Waals surface area contributed by atoms with E-state index >= 15 is 0 Å². The summed E-state index contributed by atoms with van der Waals surface area (Å²) in [6.45, 7) is 0.772. The number of hydrogen-bond donors (Lipinski definition) is 3. The van der Waals surface area contributed by atoms with Gasteiger partial charge in [0, 0.05) is 41.0 Å². The average molecular weight is 460 g/mol. The Morgan fingerprint density at radius 2 is 1.91 bits per heavy atom. The van der Waals surface area contributed by atoms with Crippen LogP contribution >= 0.6 is 0 Å². The van der Waals surface area contributed by atoms with E-state index in [1.54, 1.807) is 24.4 Å². The molecule has 1 aromatic carbocycles. The van der Waals surface area contributed by atoms with E-state index in [0.717, 1.165) is 65.8 Å². The zero-order valence-corrected chi connectivity index (χ0v) is 18.7. The molecule has 2 aliphatic rings. The second kappa shape index (κ2) is 8.16. The highest BCUT2D eigenvalue weighted by Gasteiger charge is 2.24. The summed E-state index contributed by atoms with van der Waals surface area (Å²) >= 11 is 0. The molecule has 1 saturated carbocycles. The molecule has 0 bridgehead atoms. The Hall–Kier alpha value is -3.88. The van der Waals surface area contributed by atoms with E-state index in [9.17, 15) is 9.18 Å². The summed E-state index contributed by atoms with van der Waals surface area (Å²) in [5.41, 5.74) is 10.4. The number of aromatic amines is 2. The van der Waals surface area contributed by atoms with Crippen molar-refractivity contribution in [3.05, 3.63) is 70.0 Å².